The molecule has 3 aliphatic heterocycles. The van der Waals surface area contributed by atoms with Crippen molar-refractivity contribution in [3.05, 3.63) is 61.2 Å². The molecule has 1 aromatic carbocycles. The lowest BCUT2D eigenvalue weighted by molar-refractivity contribution is -0.159. The number of nitrogens with zero attached hydrogens (tertiary/aromatic N) is 2. The molecule has 2 unspecified atom stereocenters. The molecule has 1 spiro atoms. The van der Waals surface area contributed by atoms with Crippen LogP contribution in [0.3, 0.4) is 0 Å². The number of fused-ring (bicyclic) bond motifs is 1. The highest BCUT2D eigenvalue weighted by atomic mass is 16.6. The Labute approximate surface area is 218 Å². The molecular weight excluding hydrogens is 472 g/mol. The second kappa shape index (κ2) is 11.2. The van der Waals surface area contributed by atoms with Gasteiger partial charge in [0.2, 0.25) is 11.8 Å². The second-order valence-corrected chi connectivity index (χ2v) is 10.5. The maximum Gasteiger partial charge on any atom is 0.313 e. The molecule has 37 heavy (non-hydrogen) atoms. The Morgan fingerprint density at radius 2 is 1.95 bits per heavy atom. The van der Waals surface area contributed by atoms with E-state index in [-0.39, 0.29) is 25.0 Å². The van der Waals surface area contributed by atoms with E-state index in [2.05, 4.69) is 13.2 Å². The van der Waals surface area contributed by atoms with E-state index in [4.69, 9.17) is 9.47 Å². The smallest absolute Gasteiger partial charge is 0.313 e. The maximum atomic E-state index is 14.3. The molecule has 1 N–H and O–H groups in total. The van der Waals surface area contributed by atoms with Gasteiger partial charge in [-0.15, -0.1) is 6.58 Å². The summed E-state index contributed by atoms with van der Waals surface area (Å²) in [5.41, 5.74) is -0.989. The summed E-state index contributed by atoms with van der Waals surface area (Å²) in [7, 11) is 0. The zero-order valence-corrected chi connectivity index (χ0v) is 21.6. The first-order valence-corrected chi connectivity index (χ1v) is 13.2. The van der Waals surface area contributed by atoms with Gasteiger partial charge in [0.1, 0.15) is 24.2 Å². The Hall–Kier alpha value is -2.97. The number of hydrogen-bond donors (Lipinski definition) is 1. The Balaban J connectivity index is 1.70. The molecule has 0 radical (unpaired) electrons. The van der Waals surface area contributed by atoms with Crippen molar-refractivity contribution < 1.29 is 29.0 Å². The van der Waals surface area contributed by atoms with Gasteiger partial charge in [-0.2, -0.15) is 0 Å². The summed E-state index contributed by atoms with van der Waals surface area (Å²) in [5.74, 6) is -2.48. The number of carbonyl (C=O) groups is 3. The molecule has 8 heteroatoms. The fourth-order valence-corrected chi connectivity index (χ4v) is 6.47. The minimum absolute atomic E-state index is 0.0523. The molecule has 3 aliphatic rings. The highest BCUT2D eigenvalue weighted by Crippen LogP contribution is 2.63. The first-order valence-electron chi connectivity index (χ1n) is 13.2. The molecule has 200 valence electrons. The lowest BCUT2D eigenvalue weighted by atomic mass is 9.66. The number of amides is 2. The van der Waals surface area contributed by atoms with Gasteiger partial charge in [-0.25, -0.2) is 0 Å². The van der Waals surface area contributed by atoms with Crippen LogP contribution in [0.25, 0.3) is 0 Å². The van der Waals surface area contributed by atoms with E-state index in [1.165, 1.54) is 6.08 Å². The summed E-state index contributed by atoms with van der Waals surface area (Å²) in [4.78, 5) is 44.8. The molecule has 2 amide bonds. The SMILES string of the molecule is C=CCOC(=O)[C@H]1[C@H]2C(=O)N(CCCCCO)C(C(=O)N(CC=C)Cc3ccccc3)C23CC[C@]1(C)O3. The monoisotopic (exact) mass is 510 g/mol. The molecule has 3 heterocycles. The number of ether oxygens (including phenoxy) is 2. The van der Waals surface area contributed by atoms with Crippen molar-refractivity contribution in [1.29, 1.82) is 0 Å². The molecule has 0 aromatic heterocycles. The van der Waals surface area contributed by atoms with E-state index in [1.54, 1.807) is 15.9 Å². The van der Waals surface area contributed by atoms with Gasteiger partial charge in [-0.1, -0.05) is 49.1 Å². The van der Waals surface area contributed by atoms with E-state index < -0.39 is 35.0 Å². The molecule has 1 aromatic rings. The van der Waals surface area contributed by atoms with Gasteiger partial charge in [-0.05, 0) is 44.6 Å². The van der Waals surface area contributed by atoms with E-state index in [1.807, 2.05) is 37.3 Å². The van der Waals surface area contributed by atoms with Gasteiger partial charge in [0, 0.05) is 26.2 Å². The van der Waals surface area contributed by atoms with E-state index in [0.717, 1.165) is 12.0 Å². The molecule has 3 saturated heterocycles. The van der Waals surface area contributed by atoms with Crippen LogP contribution in [-0.4, -0.2) is 76.2 Å². The summed E-state index contributed by atoms with van der Waals surface area (Å²) in [6.07, 6.45) is 6.25. The minimum Gasteiger partial charge on any atom is -0.461 e. The highest BCUT2D eigenvalue weighted by Gasteiger charge is 2.78. The quantitative estimate of drug-likeness (QED) is 0.249. The maximum absolute atomic E-state index is 14.3. The number of carbonyl (C=O) groups excluding carboxylic acids is 3. The van der Waals surface area contributed by atoms with E-state index in [9.17, 15) is 19.5 Å². The lowest BCUT2D eigenvalue weighted by Gasteiger charge is -2.37. The van der Waals surface area contributed by atoms with E-state index in [0.29, 0.717) is 45.3 Å². The van der Waals surface area contributed by atoms with Gasteiger partial charge in [0.15, 0.2) is 0 Å². The summed E-state index contributed by atoms with van der Waals surface area (Å²) in [6.45, 7) is 10.5. The summed E-state index contributed by atoms with van der Waals surface area (Å²) < 4.78 is 12.0. The minimum atomic E-state index is -1.09. The van der Waals surface area contributed by atoms with Crippen LogP contribution in [0.1, 0.15) is 44.6 Å². The Kier molecular flexibility index (Phi) is 8.19. The van der Waals surface area contributed by atoms with Crippen molar-refractivity contribution in [2.75, 3.05) is 26.3 Å². The first kappa shape index (κ1) is 27.1. The Morgan fingerprint density at radius 1 is 1.19 bits per heavy atom. The molecular formula is C29H38N2O6. The Bertz CT molecular complexity index is 1030. The third-order valence-corrected chi connectivity index (χ3v) is 8.04. The second-order valence-electron chi connectivity index (χ2n) is 10.5. The predicted octanol–water partition coefficient (Wildman–Crippen LogP) is 2.86. The van der Waals surface area contributed by atoms with Crippen molar-refractivity contribution in [2.45, 2.75) is 62.8 Å². The van der Waals surface area contributed by atoms with Gasteiger partial charge in [0.05, 0.1) is 11.5 Å². The fraction of sp³-hybridized carbons (Fsp3) is 0.552. The van der Waals surface area contributed by atoms with Gasteiger partial charge >= 0.3 is 5.97 Å². The van der Waals surface area contributed by atoms with Crippen molar-refractivity contribution in [3.8, 4) is 0 Å². The largest absolute Gasteiger partial charge is 0.461 e. The summed E-state index contributed by atoms with van der Waals surface area (Å²) in [5, 5.41) is 9.20. The van der Waals surface area contributed by atoms with Crippen LogP contribution in [0.4, 0.5) is 0 Å². The third-order valence-electron chi connectivity index (χ3n) is 8.04. The molecule has 3 fully saturated rings. The highest BCUT2D eigenvalue weighted by molar-refractivity contribution is 5.98. The number of esters is 1. The molecule has 0 saturated carbocycles. The van der Waals surface area contributed by atoms with Crippen LogP contribution in [0.5, 0.6) is 0 Å². The van der Waals surface area contributed by atoms with Crippen molar-refractivity contribution in [1.82, 2.24) is 9.80 Å². The number of rotatable bonds is 13. The molecule has 0 aliphatic carbocycles. The standard InChI is InChI=1S/C29H38N2O6/c1-4-16-30(20-21-12-8-6-9-13-21)26(34)24-29-15-14-28(3,37-29)23(27(35)36-19-5-2)22(29)25(33)31(24)17-10-7-11-18-32/h4-6,8-9,12-13,22-24,32H,1-2,7,10-11,14-20H2,3H3/t22-,23+,24?,28-,29?/m0/s1. The fourth-order valence-electron chi connectivity index (χ4n) is 6.47. The lowest BCUT2D eigenvalue weighted by Crippen LogP contribution is -2.56. The molecule has 4 rings (SSSR count). The van der Waals surface area contributed by atoms with Gasteiger partial charge < -0.3 is 24.4 Å². The zero-order valence-electron chi connectivity index (χ0n) is 21.6. The summed E-state index contributed by atoms with van der Waals surface area (Å²) in [6, 6.07) is 8.85. The molecule has 2 bridgehead atoms. The van der Waals surface area contributed by atoms with Crippen LogP contribution in [0, 0.1) is 11.8 Å². The van der Waals surface area contributed by atoms with Crippen molar-refractivity contribution in [3.63, 3.8) is 0 Å². The van der Waals surface area contributed by atoms with Crippen LogP contribution in [0.2, 0.25) is 0 Å². The van der Waals surface area contributed by atoms with E-state index >= 15 is 0 Å². The third kappa shape index (κ3) is 4.84. The number of aliphatic hydroxyl groups excluding tert-OH is 1. The molecule has 5 atom stereocenters. The number of likely N-dealkylation sites (tertiary alicyclic amines) is 1. The van der Waals surface area contributed by atoms with Crippen LogP contribution >= 0.6 is 0 Å². The Morgan fingerprint density at radius 3 is 2.62 bits per heavy atom. The predicted molar refractivity (Wildman–Crippen MR) is 138 cm³/mol. The molecule has 8 nitrogen and oxygen atoms in total. The number of aliphatic hydroxyl groups is 1. The number of hydrogen-bond acceptors (Lipinski definition) is 6. The first-order chi connectivity index (χ1) is 17.8. The van der Waals surface area contributed by atoms with Crippen LogP contribution in [0.15, 0.2) is 55.6 Å². The van der Waals surface area contributed by atoms with Crippen molar-refractivity contribution >= 4 is 17.8 Å². The normalized spacial score (nSPS) is 29.7. The number of unbranched alkanes of at least 4 members (excludes halogenated alkanes) is 2. The van der Waals surface area contributed by atoms with Crippen LogP contribution in [-0.2, 0) is 30.4 Å². The topological polar surface area (TPSA) is 96.4 Å². The number of benzene rings is 1. The zero-order chi connectivity index (χ0) is 26.6. The van der Waals surface area contributed by atoms with Gasteiger partial charge in [-0.3, -0.25) is 14.4 Å². The average Bonchev–Trinajstić information content (AvgIpc) is 3.46. The van der Waals surface area contributed by atoms with Crippen molar-refractivity contribution in [2.24, 2.45) is 11.8 Å². The summed E-state index contributed by atoms with van der Waals surface area (Å²) >= 11 is 0. The van der Waals surface area contributed by atoms with Gasteiger partial charge in [0.25, 0.3) is 0 Å². The average molecular weight is 511 g/mol. The van der Waals surface area contributed by atoms with Crippen LogP contribution < -0.4 is 0 Å².